The minimum atomic E-state index is -4.14. The van der Waals surface area contributed by atoms with E-state index in [0.717, 1.165) is 11.1 Å². The molecule has 0 aliphatic heterocycles. The van der Waals surface area contributed by atoms with Gasteiger partial charge in [0.1, 0.15) is 5.25 Å². The van der Waals surface area contributed by atoms with Gasteiger partial charge in [-0.3, -0.25) is 14.5 Å². The van der Waals surface area contributed by atoms with E-state index in [4.69, 9.17) is 0 Å². The summed E-state index contributed by atoms with van der Waals surface area (Å²) in [6.07, 6.45) is 5.13. The van der Waals surface area contributed by atoms with Gasteiger partial charge in [0, 0.05) is 18.6 Å². The molecule has 2 aromatic rings. The highest BCUT2D eigenvalue weighted by Gasteiger charge is 2.24. The van der Waals surface area contributed by atoms with E-state index in [1.807, 2.05) is 12.1 Å². The smallest absolute Gasteiger partial charge is 0.273 e. The highest BCUT2D eigenvalue weighted by Crippen LogP contribution is 2.26. The van der Waals surface area contributed by atoms with Crippen LogP contribution in [0.15, 0.2) is 42.9 Å². The van der Waals surface area contributed by atoms with Gasteiger partial charge in [0.15, 0.2) is 0 Å². The third kappa shape index (κ3) is 3.15. The minimum Gasteiger partial charge on any atom is -0.285 e. The Morgan fingerprint density at radius 3 is 2.37 bits per heavy atom. The molecule has 1 atom stereocenters. The molecule has 6 heteroatoms. The maximum absolute atomic E-state index is 11.3. The SMILES string of the molecule is CCC(c1cc(-c2ccncc2)ccn1)S(=O)(=O)O. The van der Waals surface area contributed by atoms with E-state index in [2.05, 4.69) is 9.97 Å². The van der Waals surface area contributed by atoms with Gasteiger partial charge >= 0.3 is 0 Å². The third-order valence-electron chi connectivity index (χ3n) is 2.85. The molecule has 0 saturated heterocycles. The van der Waals surface area contributed by atoms with Gasteiger partial charge in [-0.1, -0.05) is 6.92 Å². The summed E-state index contributed by atoms with van der Waals surface area (Å²) in [6, 6.07) is 7.12. The van der Waals surface area contributed by atoms with Crippen LogP contribution in [0.3, 0.4) is 0 Å². The highest BCUT2D eigenvalue weighted by molar-refractivity contribution is 7.86. The molecule has 1 unspecified atom stereocenters. The van der Waals surface area contributed by atoms with Gasteiger partial charge in [-0.25, -0.2) is 0 Å². The average Bonchev–Trinajstić information content (AvgIpc) is 2.39. The van der Waals surface area contributed by atoms with Gasteiger partial charge in [0.05, 0.1) is 5.69 Å². The van der Waals surface area contributed by atoms with E-state index in [9.17, 15) is 13.0 Å². The zero-order valence-electron chi connectivity index (χ0n) is 10.4. The van der Waals surface area contributed by atoms with Crippen molar-refractivity contribution in [2.24, 2.45) is 0 Å². The fraction of sp³-hybridized carbons (Fsp3) is 0.231. The number of hydrogen-bond acceptors (Lipinski definition) is 4. The molecule has 2 aromatic heterocycles. The van der Waals surface area contributed by atoms with E-state index in [-0.39, 0.29) is 6.42 Å². The molecule has 100 valence electrons. The van der Waals surface area contributed by atoms with E-state index in [1.54, 1.807) is 37.6 Å². The van der Waals surface area contributed by atoms with Crippen molar-refractivity contribution in [2.45, 2.75) is 18.6 Å². The normalized spacial score (nSPS) is 13.2. The number of aromatic nitrogens is 2. The molecule has 1 N–H and O–H groups in total. The Balaban J connectivity index is 2.45. The molecule has 0 spiro atoms. The molecule has 0 saturated carbocycles. The number of nitrogens with zero attached hydrogens (tertiary/aromatic N) is 2. The molecular weight excluding hydrogens is 264 g/mol. The molecule has 2 heterocycles. The van der Waals surface area contributed by atoms with Crippen molar-refractivity contribution in [2.75, 3.05) is 0 Å². The lowest BCUT2D eigenvalue weighted by atomic mass is 10.1. The van der Waals surface area contributed by atoms with Crippen LogP contribution in [-0.2, 0) is 10.1 Å². The van der Waals surface area contributed by atoms with Crippen LogP contribution in [-0.4, -0.2) is 22.9 Å². The van der Waals surface area contributed by atoms with Gasteiger partial charge in [-0.2, -0.15) is 8.42 Å². The van der Waals surface area contributed by atoms with Crippen LogP contribution < -0.4 is 0 Å². The second kappa shape index (κ2) is 5.46. The summed E-state index contributed by atoms with van der Waals surface area (Å²) < 4.78 is 31.8. The van der Waals surface area contributed by atoms with Crippen molar-refractivity contribution >= 4 is 10.1 Å². The summed E-state index contributed by atoms with van der Waals surface area (Å²) in [7, 11) is -4.14. The molecule has 0 aliphatic carbocycles. The van der Waals surface area contributed by atoms with E-state index in [1.165, 1.54) is 0 Å². The molecule has 0 amide bonds. The van der Waals surface area contributed by atoms with Gasteiger partial charge in [-0.15, -0.1) is 0 Å². The van der Waals surface area contributed by atoms with Crippen LogP contribution in [0.25, 0.3) is 11.1 Å². The van der Waals surface area contributed by atoms with Gasteiger partial charge in [-0.05, 0) is 41.8 Å². The van der Waals surface area contributed by atoms with Crippen molar-refractivity contribution in [3.8, 4) is 11.1 Å². The first-order valence-electron chi connectivity index (χ1n) is 5.85. The summed E-state index contributed by atoms with van der Waals surface area (Å²) in [5, 5.41) is -0.991. The Bertz CT molecular complexity index is 657. The Morgan fingerprint density at radius 1 is 1.16 bits per heavy atom. The first-order chi connectivity index (χ1) is 9.02. The maximum Gasteiger partial charge on any atom is 0.273 e. The molecule has 19 heavy (non-hydrogen) atoms. The lowest BCUT2D eigenvalue weighted by Crippen LogP contribution is -2.12. The quantitative estimate of drug-likeness (QED) is 0.869. The van der Waals surface area contributed by atoms with Crippen molar-refractivity contribution in [1.82, 2.24) is 9.97 Å². The Morgan fingerprint density at radius 2 is 1.79 bits per heavy atom. The van der Waals surface area contributed by atoms with Crippen molar-refractivity contribution in [3.05, 3.63) is 48.5 Å². The van der Waals surface area contributed by atoms with Gasteiger partial charge in [0.2, 0.25) is 0 Å². The van der Waals surface area contributed by atoms with Crippen molar-refractivity contribution in [1.29, 1.82) is 0 Å². The summed E-state index contributed by atoms with van der Waals surface area (Å²) in [6.45, 7) is 1.69. The topological polar surface area (TPSA) is 80.2 Å². The zero-order valence-corrected chi connectivity index (χ0v) is 11.2. The fourth-order valence-electron chi connectivity index (χ4n) is 1.92. The van der Waals surface area contributed by atoms with E-state index < -0.39 is 15.4 Å². The standard InChI is InChI=1S/C13H14N2O3S/c1-2-13(19(16,17)18)12-9-11(5-8-15-12)10-3-6-14-7-4-10/h3-9,13H,2H2,1H3,(H,16,17,18). The van der Waals surface area contributed by atoms with Gasteiger partial charge in [0.25, 0.3) is 10.1 Å². The molecule has 0 aliphatic rings. The Hall–Kier alpha value is -1.79. The molecule has 0 fully saturated rings. The summed E-state index contributed by atoms with van der Waals surface area (Å²) >= 11 is 0. The van der Waals surface area contributed by atoms with E-state index in [0.29, 0.717) is 5.69 Å². The molecule has 0 radical (unpaired) electrons. The zero-order chi connectivity index (χ0) is 13.9. The molecule has 0 aromatic carbocycles. The monoisotopic (exact) mass is 278 g/mol. The Labute approximate surface area is 112 Å². The largest absolute Gasteiger partial charge is 0.285 e. The summed E-state index contributed by atoms with van der Waals surface area (Å²) in [5.74, 6) is 0. The van der Waals surface area contributed by atoms with Crippen LogP contribution in [0, 0.1) is 0 Å². The summed E-state index contributed by atoms with van der Waals surface area (Å²) in [4.78, 5) is 7.98. The van der Waals surface area contributed by atoms with Crippen LogP contribution in [0.4, 0.5) is 0 Å². The first-order valence-corrected chi connectivity index (χ1v) is 7.35. The Kier molecular flexibility index (Phi) is 3.92. The highest BCUT2D eigenvalue weighted by atomic mass is 32.2. The first kappa shape index (κ1) is 13.6. The fourth-order valence-corrected chi connectivity index (χ4v) is 2.78. The predicted octanol–water partition coefficient (Wildman–Crippen LogP) is 2.48. The minimum absolute atomic E-state index is 0.269. The second-order valence-electron chi connectivity index (χ2n) is 4.12. The molecule has 0 bridgehead atoms. The third-order valence-corrected chi connectivity index (χ3v) is 4.15. The lowest BCUT2D eigenvalue weighted by molar-refractivity contribution is 0.465. The van der Waals surface area contributed by atoms with Crippen molar-refractivity contribution in [3.63, 3.8) is 0 Å². The number of hydrogen-bond donors (Lipinski definition) is 1. The number of rotatable bonds is 4. The number of pyridine rings is 2. The van der Waals surface area contributed by atoms with Crippen molar-refractivity contribution < 1.29 is 13.0 Å². The summed E-state index contributed by atoms with van der Waals surface area (Å²) in [5.41, 5.74) is 2.11. The predicted molar refractivity (Wildman–Crippen MR) is 72.0 cm³/mol. The van der Waals surface area contributed by atoms with Crippen LogP contribution in [0.1, 0.15) is 24.3 Å². The van der Waals surface area contributed by atoms with Crippen LogP contribution in [0.2, 0.25) is 0 Å². The lowest BCUT2D eigenvalue weighted by Gasteiger charge is -2.12. The van der Waals surface area contributed by atoms with Gasteiger partial charge < -0.3 is 0 Å². The maximum atomic E-state index is 11.3. The molecule has 5 nitrogen and oxygen atoms in total. The second-order valence-corrected chi connectivity index (χ2v) is 5.72. The van der Waals surface area contributed by atoms with Crippen LogP contribution >= 0.6 is 0 Å². The average molecular weight is 278 g/mol. The molecular formula is C13H14N2O3S. The van der Waals surface area contributed by atoms with E-state index >= 15 is 0 Å². The molecule has 2 rings (SSSR count). The van der Waals surface area contributed by atoms with Crippen LogP contribution in [0.5, 0.6) is 0 Å².